The van der Waals surface area contributed by atoms with Crippen molar-refractivity contribution < 1.29 is 9.53 Å². The Hall–Kier alpha value is -1.03. The van der Waals surface area contributed by atoms with E-state index in [1.165, 1.54) is 0 Å². The minimum Gasteiger partial charge on any atom is -0.489 e. The van der Waals surface area contributed by atoms with Gasteiger partial charge in [0.2, 0.25) is 5.91 Å². The molecular weight excluding hydrogens is 282 g/mol. The lowest BCUT2D eigenvalue weighted by Crippen LogP contribution is -2.43. The Labute approximate surface area is 110 Å². The van der Waals surface area contributed by atoms with E-state index in [-0.39, 0.29) is 12.0 Å². The van der Waals surface area contributed by atoms with Gasteiger partial charge in [0.25, 0.3) is 0 Å². The summed E-state index contributed by atoms with van der Waals surface area (Å²) in [6, 6.07) is 7.80. The van der Waals surface area contributed by atoms with Crippen LogP contribution in [0.2, 0.25) is 0 Å². The summed E-state index contributed by atoms with van der Waals surface area (Å²) in [7, 11) is 0. The summed E-state index contributed by atoms with van der Waals surface area (Å²) >= 11 is 3.39. The fourth-order valence-corrected chi connectivity index (χ4v) is 2.29. The maximum absolute atomic E-state index is 11.3. The molecule has 1 fully saturated rings. The molecule has 1 unspecified atom stereocenters. The van der Waals surface area contributed by atoms with Crippen LogP contribution in [0.1, 0.15) is 19.8 Å². The monoisotopic (exact) mass is 297 g/mol. The van der Waals surface area contributed by atoms with Crippen LogP contribution in [0, 0.1) is 0 Å². The zero-order valence-electron chi connectivity index (χ0n) is 9.86. The Morgan fingerprint density at radius 3 is 2.76 bits per heavy atom. The van der Waals surface area contributed by atoms with Crippen molar-refractivity contribution >= 4 is 21.8 Å². The van der Waals surface area contributed by atoms with Crippen LogP contribution in [0.25, 0.3) is 0 Å². The predicted octanol–water partition coefficient (Wildman–Crippen LogP) is 2.84. The molecule has 0 N–H and O–H groups in total. The van der Waals surface area contributed by atoms with Crippen molar-refractivity contribution in [3.63, 3.8) is 0 Å². The van der Waals surface area contributed by atoms with Crippen LogP contribution in [-0.4, -0.2) is 30.0 Å². The van der Waals surface area contributed by atoms with Crippen LogP contribution in [0.15, 0.2) is 28.7 Å². The average molecular weight is 298 g/mol. The van der Waals surface area contributed by atoms with Gasteiger partial charge in [0.05, 0.1) is 6.54 Å². The molecule has 1 amide bonds. The summed E-state index contributed by atoms with van der Waals surface area (Å²) in [4.78, 5) is 13.2. The van der Waals surface area contributed by atoms with Gasteiger partial charge >= 0.3 is 0 Å². The van der Waals surface area contributed by atoms with Crippen LogP contribution in [-0.2, 0) is 4.79 Å². The van der Waals surface area contributed by atoms with E-state index < -0.39 is 0 Å². The molecule has 1 aliphatic heterocycles. The SMILES string of the molecule is CC(=O)N1CCCC(Oc2ccc(Br)cc2)C1. The molecule has 0 aliphatic carbocycles. The molecule has 0 bridgehead atoms. The maximum Gasteiger partial charge on any atom is 0.219 e. The number of nitrogens with zero attached hydrogens (tertiary/aromatic N) is 1. The molecule has 1 atom stereocenters. The largest absolute Gasteiger partial charge is 0.489 e. The Balaban J connectivity index is 1.94. The predicted molar refractivity (Wildman–Crippen MR) is 70.0 cm³/mol. The fraction of sp³-hybridized carbons (Fsp3) is 0.462. The van der Waals surface area contributed by atoms with Crippen LogP contribution in [0.5, 0.6) is 5.75 Å². The van der Waals surface area contributed by atoms with E-state index in [0.29, 0.717) is 6.54 Å². The third kappa shape index (κ3) is 3.46. The van der Waals surface area contributed by atoms with E-state index in [9.17, 15) is 4.79 Å². The third-order valence-corrected chi connectivity index (χ3v) is 3.47. The molecular formula is C13H16BrNO2. The van der Waals surface area contributed by atoms with Crippen molar-refractivity contribution in [3.8, 4) is 5.75 Å². The first-order valence-corrected chi connectivity index (χ1v) is 6.62. The van der Waals surface area contributed by atoms with Crippen molar-refractivity contribution in [2.45, 2.75) is 25.9 Å². The van der Waals surface area contributed by atoms with Gasteiger partial charge in [-0.1, -0.05) is 15.9 Å². The molecule has 4 heteroatoms. The van der Waals surface area contributed by atoms with Crippen LogP contribution in [0.3, 0.4) is 0 Å². The number of benzene rings is 1. The van der Waals surface area contributed by atoms with Crippen molar-refractivity contribution in [3.05, 3.63) is 28.7 Å². The highest BCUT2D eigenvalue weighted by Gasteiger charge is 2.22. The first-order chi connectivity index (χ1) is 8.15. The highest BCUT2D eigenvalue weighted by molar-refractivity contribution is 9.10. The number of carbonyl (C=O) groups excluding carboxylic acids is 1. The molecule has 2 rings (SSSR count). The molecule has 0 aromatic heterocycles. The van der Waals surface area contributed by atoms with Gasteiger partial charge in [-0.15, -0.1) is 0 Å². The number of hydrogen-bond donors (Lipinski definition) is 0. The molecule has 1 heterocycles. The van der Waals surface area contributed by atoms with Gasteiger partial charge < -0.3 is 9.64 Å². The smallest absolute Gasteiger partial charge is 0.219 e. The van der Waals surface area contributed by atoms with Gasteiger partial charge in [-0.3, -0.25) is 4.79 Å². The molecule has 3 nitrogen and oxygen atoms in total. The van der Waals surface area contributed by atoms with E-state index in [1.54, 1.807) is 6.92 Å². The Kier molecular flexibility index (Phi) is 4.05. The van der Waals surface area contributed by atoms with E-state index in [2.05, 4.69) is 15.9 Å². The van der Waals surface area contributed by atoms with Crippen LogP contribution < -0.4 is 4.74 Å². The first kappa shape index (κ1) is 12.4. The lowest BCUT2D eigenvalue weighted by atomic mass is 10.1. The quantitative estimate of drug-likeness (QED) is 0.840. The summed E-state index contributed by atoms with van der Waals surface area (Å²) < 4.78 is 6.92. The van der Waals surface area contributed by atoms with Gasteiger partial charge in [0.1, 0.15) is 11.9 Å². The molecule has 1 aromatic carbocycles. The van der Waals surface area contributed by atoms with E-state index in [1.807, 2.05) is 29.2 Å². The standard InChI is InChI=1S/C13H16BrNO2/c1-10(16)15-8-2-3-13(9-15)17-12-6-4-11(14)5-7-12/h4-7,13H,2-3,8-9H2,1H3. The van der Waals surface area contributed by atoms with Gasteiger partial charge in [-0.2, -0.15) is 0 Å². The molecule has 1 saturated heterocycles. The molecule has 0 spiro atoms. The Bertz CT molecular complexity index is 391. The topological polar surface area (TPSA) is 29.5 Å². The summed E-state index contributed by atoms with van der Waals surface area (Å²) in [6.45, 7) is 3.17. The number of ether oxygens (including phenoxy) is 1. The highest BCUT2D eigenvalue weighted by Crippen LogP contribution is 2.20. The molecule has 92 valence electrons. The molecule has 0 saturated carbocycles. The minimum atomic E-state index is 0.119. The Morgan fingerprint density at radius 1 is 1.41 bits per heavy atom. The zero-order chi connectivity index (χ0) is 12.3. The molecule has 1 aliphatic rings. The van der Waals surface area contributed by atoms with Crippen LogP contribution >= 0.6 is 15.9 Å². The molecule has 0 radical (unpaired) electrons. The van der Waals surface area contributed by atoms with Crippen LogP contribution in [0.4, 0.5) is 0 Å². The minimum absolute atomic E-state index is 0.119. The van der Waals surface area contributed by atoms with E-state index >= 15 is 0 Å². The summed E-state index contributed by atoms with van der Waals surface area (Å²) in [5.41, 5.74) is 0. The normalized spacial score (nSPS) is 20.1. The lowest BCUT2D eigenvalue weighted by Gasteiger charge is -2.32. The van der Waals surface area contributed by atoms with Gasteiger partial charge in [0, 0.05) is 17.9 Å². The molecule has 1 aromatic rings. The van der Waals surface area contributed by atoms with Gasteiger partial charge in [0.15, 0.2) is 0 Å². The van der Waals surface area contributed by atoms with Crippen molar-refractivity contribution in [1.82, 2.24) is 4.90 Å². The number of rotatable bonds is 2. The second kappa shape index (κ2) is 5.54. The number of hydrogen-bond acceptors (Lipinski definition) is 2. The highest BCUT2D eigenvalue weighted by atomic mass is 79.9. The molecule has 17 heavy (non-hydrogen) atoms. The van der Waals surface area contributed by atoms with E-state index in [4.69, 9.17) is 4.74 Å². The summed E-state index contributed by atoms with van der Waals surface area (Å²) in [5, 5.41) is 0. The summed E-state index contributed by atoms with van der Waals surface area (Å²) in [5.74, 6) is 0.998. The van der Waals surface area contributed by atoms with Crippen molar-refractivity contribution in [2.75, 3.05) is 13.1 Å². The second-order valence-electron chi connectivity index (χ2n) is 4.30. The number of carbonyl (C=O) groups is 1. The number of halogens is 1. The van der Waals surface area contributed by atoms with Gasteiger partial charge in [-0.25, -0.2) is 0 Å². The van der Waals surface area contributed by atoms with E-state index in [0.717, 1.165) is 29.6 Å². The second-order valence-corrected chi connectivity index (χ2v) is 5.22. The number of amides is 1. The first-order valence-electron chi connectivity index (χ1n) is 5.83. The van der Waals surface area contributed by atoms with Gasteiger partial charge in [-0.05, 0) is 37.1 Å². The van der Waals surface area contributed by atoms with Crippen molar-refractivity contribution in [1.29, 1.82) is 0 Å². The zero-order valence-corrected chi connectivity index (χ0v) is 11.4. The average Bonchev–Trinajstić information content (AvgIpc) is 2.32. The maximum atomic E-state index is 11.3. The number of likely N-dealkylation sites (tertiary alicyclic amines) is 1. The number of piperidine rings is 1. The fourth-order valence-electron chi connectivity index (χ4n) is 2.03. The summed E-state index contributed by atoms with van der Waals surface area (Å²) in [6.07, 6.45) is 2.15. The Morgan fingerprint density at radius 2 is 2.12 bits per heavy atom. The lowest BCUT2D eigenvalue weighted by molar-refractivity contribution is -0.131. The third-order valence-electron chi connectivity index (χ3n) is 2.94. The van der Waals surface area contributed by atoms with Crippen molar-refractivity contribution in [2.24, 2.45) is 0 Å².